The zero-order valence-electron chi connectivity index (χ0n) is 6.49. The first-order valence-electron chi connectivity index (χ1n) is 3.34. The predicted molar refractivity (Wildman–Crippen MR) is 53.1 cm³/mol. The SMILES string of the molecule is CSc1ccc(B(O)O)c(Cl)c1. The molecule has 0 atom stereocenters. The van der Waals surface area contributed by atoms with Crippen LogP contribution in [0.1, 0.15) is 0 Å². The highest BCUT2D eigenvalue weighted by Gasteiger charge is 2.14. The maximum atomic E-state index is 8.83. The Hall–Kier alpha value is -0.155. The van der Waals surface area contributed by atoms with Crippen molar-refractivity contribution < 1.29 is 10.0 Å². The third kappa shape index (κ3) is 2.17. The van der Waals surface area contributed by atoms with Crippen LogP contribution in [-0.4, -0.2) is 23.4 Å². The molecule has 1 aromatic rings. The summed E-state index contributed by atoms with van der Waals surface area (Å²) in [7, 11) is -1.49. The van der Waals surface area contributed by atoms with Crippen molar-refractivity contribution in [3.8, 4) is 0 Å². The smallest absolute Gasteiger partial charge is 0.423 e. The van der Waals surface area contributed by atoms with Crippen molar-refractivity contribution in [1.29, 1.82) is 0 Å². The van der Waals surface area contributed by atoms with E-state index >= 15 is 0 Å². The quantitative estimate of drug-likeness (QED) is 0.549. The first kappa shape index (κ1) is 9.93. The van der Waals surface area contributed by atoms with Crippen LogP contribution < -0.4 is 5.46 Å². The molecule has 2 nitrogen and oxygen atoms in total. The molecule has 0 unspecified atom stereocenters. The van der Waals surface area contributed by atoms with Crippen LogP contribution in [0.25, 0.3) is 0 Å². The summed E-state index contributed by atoms with van der Waals surface area (Å²) in [6, 6.07) is 5.12. The van der Waals surface area contributed by atoms with Crippen LogP contribution in [0.4, 0.5) is 0 Å². The maximum Gasteiger partial charge on any atom is 0.489 e. The van der Waals surface area contributed by atoms with Crippen molar-refractivity contribution in [2.75, 3.05) is 6.26 Å². The number of rotatable bonds is 2. The van der Waals surface area contributed by atoms with Gasteiger partial charge in [-0.1, -0.05) is 17.7 Å². The minimum Gasteiger partial charge on any atom is -0.423 e. The molecule has 0 fully saturated rings. The van der Waals surface area contributed by atoms with Crippen molar-refractivity contribution >= 4 is 35.9 Å². The Morgan fingerprint density at radius 3 is 2.50 bits per heavy atom. The number of benzene rings is 1. The Morgan fingerprint density at radius 2 is 2.08 bits per heavy atom. The number of thioether (sulfide) groups is 1. The summed E-state index contributed by atoms with van der Waals surface area (Å²) < 4.78 is 0. The monoisotopic (exact) mass is 202 g/mol. The van der Waals surface area contributed by atoms with Gasteiger partial charge in [0.05, 0.1) is 0 Å². The van der Waals surface area contributed by atoms with E-state index in [9.17, 15) is 0 Å². The molecule has 0 aliphatic carbocycles. The summed E-state index contributed by atoms with van der Waals surface area (Å²) in [5, 5.41) is 18.1. The van der Waals surface area contributed by atoms with E-state index in [1.165, 1.54) is 0 Å². The van der Waals surface area contributed by atoms with E-state index in [1.54, 1.807) is 30.0 Å². The van der Waals surface area contributed by atoms with Crippen LogP contribution in [0.5, 0.6) is 0 Å². The fourth-order valence-corrected chi connectivity index (χ4v) is 1.63. The molecule has 0 spiro atoms. The first-order valence-corrected chi connectivity index (χ1v) is 4.95. The van der Waals surface area contributed by atoms with E-state index in [4.69, 9.17) is 21.6 Å². The predicted octanol–water partition coefficient (Wildman–Crippen LogP) is 0.742. The summed E-state index contributed by atoms with van der Waals surface area (Å²) >= 11 is 7.33. The molecule has 0 bridgehead atoms. The lowest BCUT2D eigenvalue weighted by molar-refractivity contribution is 0.426. The summed E-state index contributed by atoms with van der Waals surface area (Å²) in [5.41, 5.74) is 0.342. The Morgan fingerprint density at radius 1 is 1.42 bits per heavy atom. The fraction of sp³-hybridized carbons (Fsp3) is 0.143. The van der Waals surface area contributed by atoms with Gasteiger partial charge in [0.25, 0.3) is 0 Å². The van der Waals surface area contributed by atoms with Gasteiger partial charge in [0.2, 0.25) is 0 Å². The number of hydrogen-bond donors (Lipinski definition) is 2. The molecule has 0 aliphatic heterocycles. The highest BCUT2D eigenvalue weighted by Crippen LogP contribution is 2.17. The summed E-state index contributed by atoms with van der Waals surface area (Å²) in [5.74, 6) is 0. The van der Waals surface area contributed by atoms with Gasteiger partial charge >= 0.3 is 7.12 Å². The minimum absolute atomic E-state index is 0.342. The maximum absolute atomic E-state index is 8.83. The molecule has 0 aliphatic rings. The third-order valence-electron chi connectivity index (χ3n) is 1.49. The van der Waals surface area contributed by atoms with Crippen LogP contribution in [0.15, 0.2) is 23.1 Å². The molecule has 0 heterocycles. The van der Waals surface area contributed by atoms with E-state index < -0.39 is 7.12 Å². The third-order valence-corrected chi connectivity index (χ3v) is 2.54. The van der Waals surface area contributed by atoms with Gasteiger partial charge in [-0.15, -0.1) is 11.8 Å². The minimum atomic E-state index is -1.49. The zero-order chi connectivity index (χ0) is 9.14. The van der Waals surface area contributed by atoms with Crippen LogP contribution >= 0.6 is 23.4 Å². The Kier molecular flexibility index (Phi) is 3.46. The lowest BCUT2D eigenvalue weighted by Gasteiger charge is -2.03. The molecule has 64 valence electrons. The van der Waals surface area contributed by atoms with Gasteiger partial charge < -0.3 is 10.0 Å². The summed E-state index contributed by atoms with van der Waals surface area (Å²) in [4.78, 5) is 1.00. The van der Waals surface area contributed by atoms with Gasteiger partial charge in [-0.3, -0.25) is 0 Å². The van der Waals surface area contributed by atoms with Crippen LogP contribution in [0.2, 0.25) is 5.02 Å². The molecule has 0 amide bonds. The molecular formula is C7H8BClO2S. The normalized spacial score (nSPS) is 10.0. The van der Waals surface area contributed by atoms with Gasteiger partial charge in [0.15, 0.2) is 0 Å². The summed E-state index contributed by atoms with van der Waals surface area (Å²) in [6.45, 7) is 0. The van der Waals surface area contributed by atoms with E-state index in [0.717, 1.165) is 4.90 Å². The van der Waals surface area contributed by atoms with E-state index in [0.29, 0.717) is 10.5 Å². The first-order chi connectivity index (χ1) is 5.65. The lowest BCUT2D eigenvalue weighted by atomic mass is 9.80. The van der Waals surface area contributed by atoms with Gasteiger partial charge in [0, 0.05) is 15.4 Å². The van der Waals surface area contributed by atoms with Crippen molar-refractivity contribution in [1.82, 2.24) is 0 Å². The molecule has 12 heavy (non-hydrogen) atoms. The molecular weight excluding hydrogens is 194 g/mol. The van der Waals surface area contributed by atoms with Crippen LogP contribution in [0, 0.1) is 0 Å². The van der Waals surface area contributed by atoms with Gasteiger partial charge in [-0.2, -0.15) is 0 Å². The van der Waals surface area contributed by atoms with Crippen LogP contribution in [-0.2, 0) is 0 Å². The van der Waals surface area contributed by atoms with E-state index in [-0.39, 0.29) is 0 Å². The standard InChI is InChI=1S/C7H8BClO2S/c1-12-5-2-3-6(8(10)11)7(9)4-5/h2-4,10-11H,1H3. The zero-order valence-corrected chi connectivity index (χ0v) is 8.06. The van der Waals surface area contributed by atoms with Crippen molar-refractivity contribution in [3.05, 3.63) is 23.2 Å². The lowest BCUT2D eigenvalue weighted by Crippen LogP contribution is -2.30. The van der Waals surface area contributed by atoms with E-state index in [2.05, 4.69) is 0 Å². The van der Waals surface area contributed by atoms with Gasteiger partial charge in [0.1, 0.15) is 0 Å². The average Bonchev–Trinajstić information content (AvgIpc) is 2.03. The molecule has 1 rings (SSSR count). The molecule has 0 saturated carbocycles. The highest BCUT2D eigenvalue weighted by atomic mass is 35.5. The molecule has 0 radical (unpaired) electrons. The second-order valence-electron chi connectivity index (χ2n) is 2.26. The average molecular weight is 202 g/mol. The number of hydrogen-bond acceptors (Lipinski definition) is 3. The second kappa shape index (κ2) is 4.19. The summed E-state index contributed by atoms with van der Waals surface area (Å²) in [6.07, 6.45) is 1.93. The Labute approximate surface area is 80.7 Å². The van der Waals surface area contributed by atoms with Gasteiger partial charge in [-0.05, 0) is 18.4 Å². The van der Waals surface area contributed by atoms with Crippen molar-refractivity contribution in [2.24, 2.45) is 0 Å². The fourth-order valence-electron chi connectivity index (χ4n) is 0.844. The highest BCUT2D eigenvalue weighted by molar-refractivity contribution is 7.98. The topological polar surface area (TPSA) is 40.5 Å². The number of halogens is 1. The Balaban J connectivity index is 3.03. The molecule has 0 saturated heterocycles. The van der Waals surface area contributed by atoms with Crippen molar-refractivity contribution in [2.45, 2.75) is 4.90 Å². The molecule has 2 N–H and O–H groups in total. The van der Waals surface area contributed by atoms with Crippen LogP contribution in [0.3, 0.4) is 0 Å². The molecule has 1 aromatic carbocycles. The molecule has 0 aromatic heterocycles. The van der Waals surface area contributed by atoms with E-state index in [1.807, 2.05) is 6.26 Å². The largest absolute Gasteiger partial charge is 0.489 e. The second-order valence-corrected chi connectivity index (χ2v) is 3.55. The van der Waals surface area contributed by atoms with Gasteiger partial charge in [-0.25, -0.2) is 0 Å². The Bertz CT molecular complexity index is 280. The molecule has 5 heteroatoms. The van der Waals surface area contributed by atoms with Crippen molar-refractivity contribution in [3.63, 3.8) is 0 Å².